The molecule has 0 bridgehead atoms. The quantitative estimate of drug-likeness (QED) is 0.229. The molecule has 3 nitrogen and oxygen atoms in total. The molecule has 3 heterocycles. The molecule has 0 saturated heterocycles. The number of allylic oxidation sites excluding steroid dienone is 1. The van der Waals surface area contributed by atoms with Crippen molar-refractivity contribution in [1.82, 2.24) is 9.97 Å². The van der Waals surface area contributed by atoms with Crippen LogP contribution in [-0.2, 0) is 0 Å². The van der Waals surface area contributed by atoms with Gasteiger partial charge in [-0.25, -0.2) is 0 Å². The van der Waals surface area contributed by atoms with Crippen LogP contribution in [0.15, 0.2) is 115 Å². The Balaban J connectivity index is 1.45. The number of hydrogen-bond donors (Lipinski definition) is 0. The first kappa shape index (κ1) is 23.6. The van der Waals surface area contributed by atoms with E-state index in [1.807, 2.05) is 6.07 Å². The number of aryl methyl sites for hydroxylation is 1. The van der Waals surface area contributed by atoms with Crippen LogP contribution in [0, 0.1) is 14.1 Å². The van der Waals surface area contributed by atoms with Gasteiger partial charge in [-0.05, 0) is 0 Å². The summed E-state index contributed by atoms with van der Waals surface area (Å²) in [5, 5.41) is 1.06. The Morgan fingerprint density at radius 3 is 2.33 bits per heavy atom. The summed E-state index contributed by atoms with van der Waals surface area (Å²) in [6.45, 7) is 4.34. The van der Waals surface area contributed by atoms with Crippen LogP contribution in [0.3, 0.4) is 0 Å². The van der Waals surface area contributed by atoms with Crippen molar-refractivity contribution >= 4 is 28.0 Å². The Hall–Kier alpha value is -4.29. The van der Waals surface area contributed by atoms with Crippen molar-refractivity contribution in [1.29, 1.82) is 0 Å². The molecular weight excluding hydrogens is 601 g/mol. The maximum absolute atomic E-state index is 5.29. The molecule has 4 heteroatoms. The van der Waals surface area contributed by atoms with E-state index in [9.17, 15) is 0 Å². The Morgan fingerprint density at radius 2 is 1.45 bits per heavy atom. The van der Waals surface area contributed by atoms with Crippen LogP contribution in [0.5, 0.6) is 0 Å². The van der Waals surface area contributed by atoms with Gasteiger partial charge in [0.15, 0.2) is 0 Å². The Kier molecular flexibility index (Phi) is 5.39. The van der Waals surface area contributed by atoms with E-state index in [4.69, 9.17) is 9.97 Å². The molecule has 0 atom stereocenters. The molecule has 0 radical (unpaired) electrons. The van der Waals surface area contributed by atoms with Crippen molar-refractivity contribution in [2.24, 2.45) is 0 Å². The molecule has 0 aliphatic carbocycles. The van der Waals surface area contributed by atoms with Gasteiger partial charge in [-0.1, -0.05) is 0 Å². The molecule has 0 saturated carbocycles. The topological polar surface area (TPSA) is 29.0 Å². The number of anilines is 2. The summed E-state index contributed by atoms with van der Waals surface area (Å²) in [6, 6.07) is 39.1. The minimum atomic E-state index is -0.243. The second kappa shape index (κ2) is 9.14. The van der Waals surface area contributed by atoms with Crippen molar-refractivity contribution in [2.75, 3.05) is 4.90 Å². The molecule has 0 N–H and O–H groups in total. The molecule has 8 rings (SSSR count). The van der Waals surface area contributed by atoms with E-state index in [2.05, 4.69) is 128 Å². The van der Waals surface area contributed by atoms with Gasteiger partial charge in [0, 0.05) is 0 Å². The molecule has 2 aliphatic rings. The van der Waals surface area contributed by atoms with Gasteiger partial charge in [0.2, 0.25) is 0 Å². The summed E-state index contributed by atoms with van der Waals surface area (Å²) < 4.78 is 2.99. The minimum absolute atomic E-state index is 0.243. The third-order valence-corrected chi connectivity index (χ3v) is 10.8. The number of para-hydroxylation sites is 2. The Labute approximate surface area is 244 Å². The fourth-order valence-corrected chi connectivity index (χ4v) is 9.10. The zero-order chi connectivity index (χ0) is 26.8. The average molecular weight is 627 g/mol. The molecule has 0 unspecified atom stereocenters. The first-order chi connectivity index (χ1) is 19.7. The molecule has 0 amide bonds. The SMILES string of the molecule is C/C=C(/c1nc(-c2ccccc2)c2ccccc2n1)N1c2ccccc2-c2cccc3c2-c2c(ccc(C)c21)[I-]3. The number of hydrogen-bond acceptors (Lipinski definition) is 3. The maximum atomic E-state index is 5.29. The summed E-state index contributed by atoms with van der Waals surface area (Å²) in [7, 11) is 0. The van der Waals surface area contributed by atoms with E-state index in [1.54, 1.807) is 0 Å². The molecule has 0 spiro atoms. The molecule has 192 valence electrons. The van der Waals surface area contributed by atoms with E-state index < -0.39 is 0 Å². The third kappa shape index (κ3) is 3.42. The zero-order valence-electron chi connectivity index (χ0n) is 22.2. The number of fused-ring (bicyclic) bond motifs is 3. The fourth-order valence-electron chi connectivity index (χ4n) is 6.10. The van der Waals surface area contributed by atoms with Crippen molar-refractivity contribution in [3.05, 3.63) is 134 Å². The predicted octanol–water partition coefficient (Wildman–Crippen LogP) is 5.89. The van der Waals surface area contributed by atoms with Crippen LogP contribution in [0.2, 0.25) is 0 Å². The fraction of sp³-hybridized carbons (Fsp3) is 0.0556. The van der Waals surface area contributed by atoms with Gasteiger partial charge in [-0.2, -0.15) is 0 Å². The summed E-state index contributed by atoms with van der Waals surface area (Å²) in [5.74, 6) is 0.728. The second-order valence-corrected chi connectivity index (χ2v) is 13.0. The molecular formula is C36H25IN3-. The van der Waals surface area contributed by atoms with Crippen LogP contribution >= 0.6 is 0 Å². The predicted molar refractivity (Wildman–Crippen MR) is 160 cm³/mol. The van der Waals surface area contributed by atoms with E-state index in [0.29, 0.717) is 0 Å². The summed E-state index contributed by atoms with van der Waals surface area (Å²) in [4.78, 5) is 12.9. The van der Waals surface area contributed by atoms with E-state index >= 15 is 0 Å². The normalized spacial score (nSPS) is 13.4. The number of aromatic nitrogens is 2. The van der Waals surface area contributed by atoms with Gasteiger partial charge < -0.3 is 0 Å². The third-order valence-electron chi connectivity index (χ3n) is 7.85. The molecule has 40 heavy (non-hydrogen) atoms. The van der Waals surface area contributed by atoms with Crippen molar-refractivity contribution in [2.45, 2.75) is 13.8 Å². The summed E-state index contributed by atoms with van der Waals surface area (Å²) in [5.41, 5.74) is 13.0. The van der Waals surface area contributed by atoms with Crippen molar-refractivity contribution < 1.29 is 21.2 Å². The van der Waals surface area contributed by atoms with Gasteiger partial charge in [0.1, 0.15) is 0 Å². The first-order valence-electron chi connectivity index (χ1n) is 13.5. The van der Waals surface area contributed by atoms with Crippen LogP contribution in [0.1, 0.15) is 18.3 Å². The average Bonchev–Trinajstić information content (AvgIpc) is 3.33. The first-order valence-corrected chi connectivity index (χ1v) is 15.7. The van der Waals surface area contributed by atoms with Gasteiger partial charge in [-0.3, -0.25) is 0 Å². The van der Waals surface area contributed by atoms with E-state index in [-0.39, 0.29) is 21.2 Å². The monoisotopic (exact) mass is 626 g/mol. The van der Waals surface area contributed by atoms with Crippen LogP contribution in [0.25, 0.3) is 50.1 Å². The Morgan fingerprint density at radius 1 is 0.700 bits per heavy atom. The number of halogens is 1. The summed E-state index contributed by atoms with van der Waals surface area (Å²) >= 11 is -0.243. The molecule has 6 aromatic rings. The molecule has 5 aromatic carbocycles. The number of benzene rings is 5. The van der Waals surface area contributed by atoms with Crippen LogP contribution in [0.4, 0.5) is 11.4 Å². The molecule has 0 fully saturated rings. The second-order valence-electron chi connectivity index (χ2n) is 10.2. The molecule has 2 aliphatic heterocycles. The van der Waals surface area contributed by atoms with Gasteiger partial charge in [0.05, 0.1) is 0 Å². The number of nitrogens with zero attached hydrogens (tertiary/aromatic N) is 3. The van der Waals surface area contributed by atoms with Gasteiger partial charge in [-0.15, -0.1) is 0 Å². The van der Waals surface area contributed by atoms with E-state index in [0.717, 1.165) is 39.4 Å². The van der Waals surface area contributed by atoms with Crippen LogP contribution in [-0.4, -0.2) is 9.97 Å². The zero-order valence-corrected chi connectivity index (χ0v) is 24.3. The van der Waals surface area contributed by atoms with Crippen LogP contribution < -0.4 is 26.1 Å². The van der Waals surface area contributed by atoms with Gasteiger partial charge in [0.25, 0.3) is 0 Å². The molecule has 1 aromatic heterocycles. The van der Waals surface area contributed by atoms with Crippen molar-refractivity contribution in [3.8, 4) is 33.5 Å². The summed E-state index contributed by atoms with van der Waals surface area (Å²) in [6.07, 6.45) is 2.18. The van der Waals surface area contributed by atoms with Crippen molar-refractivity contribution in [3.63, 3.8) is 0 Å². The van der Waals surface area contributed by atoms with E-state index in [1.165, 1.54) is 40.6 Å². The Bertz CT molecular complexity index is 2010. The van der Waals surface area contributed by atoms with Gasteiger partial charge >= 0.3 is 245 Å². The number of rotatable bonds is 3. The standard InChI is InChI=1S/C36H25IN3/c1-3-30(36-38-29-18-9-7-15-26(29)34(39-36)23-12-5-4-6-13-23)40-31-19-10-8-14-24(31)25-16-11-17-27-32(25)33-28(37-27)21-20-22(2)35(33)40/h3-21H,1-2H3/q-1/b30-3-.